The Labute approximate surface area is 159 Å². The molecule has 148 valence electrons. The van der Waals surface area contributed by atoms with E-state index >= 15 is 0 Å². The van der Waals surface area contributed by atoms with Crippen molar-refractivity contribution < 1.29 is 15.0 Å². The number of carboxylic acid groups (broad SMARTS) is 1. The van der Waals surface area contributed by atoms with Gasteiger partial charge in [-0.25, -0.2) is 4.79 Å². The van der Waals surface area contributed by atoms with Crippen molar-refractivity contribution in [3.63, 3.8) is 0 Å². The van der Waals surface area contributed by atoms with Gasteiger partial charge in [0, 0.05) is 19.5 Å². The number of aryl methyl sites for hydroxylation is 1. The summed E-state index contributed by atoms with van der Waals surface area (Å²) in [6, 6.07) is 2.89. The zero-order valence-corrected chi connectivity index (χ0v) is 16.3. The lowest BCUT2D eigenvalue weighted by Gasteiger charge is -2.12. The van der Waals surface area contributed by atoms with Gasteiger partial charge in [-0.2, -0.15) is 0 Å². The summed E-state index contributed by atoms with van der Waals surface area (Å²) in [5, 5.41) is 30.2. The van der Waals surface area contributed by atoms with Crippen LogP contribution in [0.25, 0.3) is 0 Å². The van der Waals surface area contributed by atoms with Crippen LogP contribution in [-0.4, -0.2) is 35.9 Å². The Hall–Kier alpha value is -2.32. The number of aliphatic hydroxyl groups is 1. The highest BCUT2D eigenvalue weighted by Crippen LogP contribution is 2.11. The Bertz CT molecular complexity index is 758. The van der Waals surface area contributed by atoms with Crippen LogP contribution < -0.4 is 5.32 Å². The smallest absolute Gasteiger partial charge is 0.335 e. The minimum absolute atomic E-state index is 0.121. The monoisotopic (exact) mass is 375 g/mol. The highest BCUT2D eigenvalue weighted by Gasteiger charge is 2.12. The Morgan fingerprint density at radius 1 is 1.19 bits per heavy atom. The first-order chi connectivity index (χ1) is 12.9. The first kappa shape index (κ1) is 21.0. The molecule has 0 spiro atoms. The van der Waals surface area contributed by atoms with Crippen molar-refractivity contribution in [2.45, 2.75) is 66.3 Å². The quantitative estimate of drug-likeness (QED) is 0.551. The minimum Gasteiger partial charge on any atom is -0.478 e. The van der Waals surface area contributed by atoms with Crippen molar-refractivity contribution in [2.24, 2.45) is 5.92 Å². The molecule has 3 N–H and O–H groups in total. The summed E-state index contributed by atoms with van der Waals surface area (Å²) < 4.78 is 2.16. The second kappa shape index (κ2) is 10.1. The molecule has 0 aliphatic rings. The topological polar surface area (TPSA) is 113 Å². The lowest BCUT2D eigenvalue weighted by atomic mass is 10.1. The van der Waals surface area contributed by atoms with E-state index in [2.05, 4.69) is 45.8 Å². The number of aliphatic hydroxyl groups excluding tert-OH is 1. The van der Waals surface area contributed by atoms with Crippen LogP contribution in [0.2, 0.25) is 0 Å². The summed E-state index contributed by atoms with van der Waals surface area (Å²) in [5.41, 5.74) is 1.04. The largest absolute Gasteiger partial charge is 0.478 e. The van der Waals surface area contributed by atoms with Gasteiger partial charge in [-0.1, -0.05) is 20.8 Å². The molecule has 0 fully saturated rings. The van der Waals surface area contributed by atoms with E-state index in [1.165, 1.54) is 12.1 Å². The summed E-state index contributed by atoms with van der Waals surface area (Å²) in [6.45, 7) is 8.00. The standard InChI is InChI=1S/C19H29N5O3/c1-4-17-22-23-18(24(17)7-5-6-13(2)3)11-20-10-15-8-14(19(26)27)9-16(12-25)21-15/h8-9,13,20,25H,4-7,10-12H2,1-3H3,(H,26,27). The number of carbonyl (C=O) groups is 1. The molecule has 8 nitrogen and oxygen atoms in total. The molecule has 2 heterocycles. The van der Waals surface area contributed by atoms with Gasteiger partial charge in [0.1, 0.15) is 11.6 Å². The summed E-state index contributed by atoms with van der Waals surface area (Å²) in [5.74, 6) is 1.48. The van der Waals surface area contributed by atoms with E-state index in [9.17, 15) is 9.90 Å². The Morgan fingerprint density at radius 3 is 2.52 bits per heavy atom. The molecular formula is C19H29N5O3. The van der Waals surface area contributed by atoms with Crippen molar-refractivity contribution in [3.05, 3.63) is 40.7 Å². The maximum absolute atomic E-state index is 11.2. The third kappa shape index (κ3) is 6.11. The number of hydrogen-bond acceptors (Lipinski definition) is 6. The molecule has 2 aromatic rings. The fourth-order valence-corrected chi connectivity index (χ4v) is 2.93. The predicted octanol–water partition coefficient (Wildman–Crippen LogP) is 2.15. The van der Waals surface area contributed by atoms with Crippen molar-refractivity contribution in [1.82, 2.24) is 25.1 Å². The number of aromatic carboxylic acids is 1. The van der Waals surface area contributed by atoms with E-state index in [1.807, 2.05) is 0 Å². The average Bonchev–Trinajstić information content (AvgIpc) is 3.03. The fraction of sp³-hybridized carbons (Fsp3) is 0.579. The van der Waals surface area contributed by atoms with E-state index in [0.717, 1.165) is 37.5 Å². The number of aromatic nitrogens is 4. The Kier molecular flexibility index (Phi) is 7.87. The maximum atomic E-state index is 11.2. The number of nitrogens with zero attached hydrogens (tertiary/aromatic N) is 4. The third-order valence-corrected chi connectivity index (χ3v) is 4.31. The SMILES string of the molecule is CCc1nnc(CNCc2cc(C(=O)O)cc(CO)n2)n1CCCC(C)C. The van der Waals surface area contributed by atoms with Crippen molar-refractivity contribution in [2.75, 3.05) is 0 Å². The molecule has 0 radical (unpaired) electrons. The Morgan fingerprint density at radius 2 is 1.89 bits per heavy atom. The molecule has 0 aromatic carbocycles. The highest BCUT2D eigenvalue weighted by atomic mass is 16.4. The normalized spacial score (nSPS) is 11.3. The highest BCUT2D eigenvalue weighted by molar-refractivity contribution is 5.87. The molecule has 0 bridgehead atoms. The first-order valence-corrected chi connectivity index (χ1v) is 9.40. The minimum atomic E-state index is -1.04. The first-order valence-electron chi connectivity index (χ1n) is 9.40. The van der Waals surface area contributed by atoms with Crippen LogP contribution in [0.1, 0.15) is 67.0 Å². The zero-order chi connectivity index (χ0) is 19.8. The van der Waals surface area contributed by atoms with E-state index in [1.54, 1.807) is 0 Å². The van der Waals surface area contributed by atoms with E-state index in [4.69, 9.17) is 5.11 Å². The van der Waals surface area contributed by atoms with Crippen LogP contribution in [0.3, 0.4) is 0 Å². The molecule has 2 rings (SSSR count). The van der Waals surface area contributed by atoms with Crippen LogP contribution in [0.4, 0.5) is 0 Å². The summed E-state index contributed by atoms with van der Waals surface area (Å²) >= 11 is 0. The van der Waals surface area contributed by atoms with Gasteiger partial charge in [0.05, 0.1) is 30.1 Å². The Balaban J connectivity index is 2.01. The number of pyridine rings is 1. The average molecular weight is 375 g/mol. The molecule has 0 aliphatic heterocycles. The van der Waals surface area contributed by atoms with Gasteiger partial charge in [0.15, 0.2) is 0 Å². The second-order valence-corrected chi connectivity index (χ2v) is 6.98. The molecule has 0 saturated carbocycles. The number of carboxylic acids is 1. The van der Waals surface area contributed by atoms with E-state index in [0.29, 0.717) is 30.4 Å². The van der Waals surface area contributed by atoms with Crippen LogP contribution in [0.15, 0.2) is 12.1 Å². The van der Waals surface area contributed by atoms with E-state index < -0.39 is 5.97 Å². The van der Waals surface area contributed by atoms with Gasteiger partial charge < -0.3 is 20.1 Å². The molecule has 2 aromatic heterocycles. The van der Waals surface area contributed by atoms with Crippen LogP contribution in [0.5, 0.6) is 0 Å². The molecule has 8 heteroatoms. The summed E-state index contributed by atoms with van der Waals surface area (Å²) in [4.78, 5) is 15.5. The molecule has 0 unspecified atom stereocenters. The van der Waals surface area contributed by atoms with Gasteiger partial charge in [0.2, 0.25) is 0 Å². The third-order valence-electron chi connectivity index (χ3n) is 4.31. The van der Waals surface area contributed by atoms with Crippen molar-refractivity contribution in [3.8, 4) is 0 Å². The van der Waals surface area contributed by atoms with Crippen molar-refractivity contribution in [1.29, 1.82) is 0 Å². The maximum Gasteiger partial charge on any atom is 0.335 e. The van der Waals surface area contributed by atoms with Crippen LogP contribution in [0, 0.1) is 5.92 Å². The second-order valence-electron chi connectivity index (χ2n) is 6.98. The molecule has 0 aliphatic carbocycles. The van der Waals surface area contributed by atoms with Gasteiger partial charge in [-0.3, -0.25) is 4.98 Å². The van der Waals surface area contributed by atoms with Crippen molar-refractivity contribution >= 4 is 5.97 Å². The van der Waals surface area contributed by atoms with Crippen LogP contribution >= 0.6 is 0 Å². The molecular weight excluding hydrogens is 346 g/mol. The van der Waals surface area contributed by atoms with Gasteiger partial charge >= 0.3 is 5.97 Å². The number of rotatable bonds is 11. The summed E-state index contributed by atoms with van der Waals surface area (Å²) in [6.07, 6.45) is 3.07. The van der Waals surface area contributed by atoms with Crippen LogP contribution in [-0.2, 0) is 32.7 Å². The van der Waals surface area contributed by atoms with Gasteiger partial charge in [0.25, 0.3) is 0 Å². The zero-order valence-electron chi connectivity index (χ0n) is 16.3. The van der Waals surface area contributed by atoms with Gasteiger partial charge in [-0.05, 0) is 30.9 Å². The number of hydrogen-bond donors (Lipinski definition) is 3. The lowest BCUT2D eigenvalue weighted by Crippen LogP contribution is -2.19. The fourth-order valence-electron chi connectivity index (χ4n) is 2.93. The lowest BCUT2D eigenvalue weighted by molar-refractivity contribution is 0.0696. The van der Waals surface area contributed by atoms with E-state index in [-0.39, 0.29) is 12.2 Å². The molecule has 27 heavy (non-hydrogen) atoms. The molecule has 0 amide bonds. The number of nitrogens with one attached hydrogen (secondary N) is 1. The molecule has 0 atom stereocenters. The predicted molar refractivity (Wildman–Crippen MR) is 101 cm³/mol. The summed E-state index contributed by atoms with van der Waals surface area (Å²) in [7, 11) is 0. The molecule has 0 saturated heterocycles. The van der Waals surface area contributed by atoms with Gasteiger partial charge in [-0.15, -0.1) is 10.2 Å².